The lowest BCUT2D eigenvalue weighted by molar-refractivity contribution is -0.0979. The van der Waals surface area contributed by atoms with Crippen molar-refractivity contribution in [1.82, 2.24) is 5.32 Å². The second kappa shape index (κ2) is 4.69. The van der Waals surface area contributed by atoms with Gasteiger partial charge in [0.2, 0.25) is 6.79 Å². The van der Waals surface area contributed by atoms with E-state index in [2.05, 4.69) is 31.3 Å². The Morgan fingerprint density at radius 2 is 2.11 bits per heavy atom. The summed E-state index contributed by atoms with van der Waals surface area (Å²) >= 11 is 0. The highest BCUT2D eigenvalue weighted by Gasteiger charge is 2.48. The van der Waals surface area contributed by atoms with Crippen LogP contribution in [0.15, 0.2) is 18.2 Å². The van der Waals surface area contributed by atoms with Gasteiger partial charge in [-0.15, -0.1) is 0 Å². The third kappa shape index (κ3) is 2.19. The summed E-state index contributed by atoms with van der Waals surface area (Å²) in [6, 6.07) is 6.61. The van der Waals surface area contributed by atoms with Crippen molar-refractivity contribution in [2.24, 2.45) is 5.41 Å². The van der Waals surface area contributed by atoms with Crippen molar-refractivity contribution in [1.29, 1.82) is 0 Å². The topological polar surface area (TPSA) is 39.7 Å². The summed E-state index contributed by atoms with van der Waals surface area (Å²) < 4.78 is 16.2. The first kappa shape index (κ1) is 12.8. The second-order valence-corrected chi connectivity index (χ2v) is 5.90. The molecule has 1 N–H and O–H groups in total. The van der Waals surface area contributed by atoms with Crippen molar-refractivity contribution in [3.05, 3.63) is 23.8 Å². The average molecular weight is 263 g/mol. The molecule has 2 unspecified atom stereocenters. The van der Waals surface area contributed by atoms with Crippen LogP contribution in [-0.2, 0) is 11.3 Å². The van der Waals surface area contributed by atoms with E-state index < -0.39 is 0 Å². The zero-order valence-corrected chi connectivity index (χ0v) is 11.7. The molecule has 19 heavy (non-hydrogen) atoms. The van der Waals surface area contributed by atoms with E-state index >= 15 is 0 Å². The smallest absolute Gasteiger partial charge is 0.231 e. The number of nitrogens with one attached hydrogen (secondary N) is 1. The summed E-state index contributed by atoms with van der Waals surface area (Å²) in [7, 11) is 1.79. The average Bonchev–Trinajstić information content (AvgIpc) is 2.85. The number of hydrogen-bond acceptors (Lipinski definition) is 4. The van der Waals surface area contributed by atoms with Crippen molar-refractivity contribution < 1.29 is 14.2 Å². The Hall–Kier alpha value is -1.26. The molecule has 2 atom stereocenters. The fourth-order valence-electron chi connectivity index (χ4n) is 2.92. The van der Waals surface area contributed by atoms with E-state index in [1.807, 2.05) is 6.07 Å². The predicted molar refractivity (Wildman–Crippen MR) is 72.4 cm³/mol. The van der Waals surface area contributed by atoms with Gasteiger partial charge < -0.3 is 19.5 Å². The Balaban J connectivity index is 1.59. The summed E-state index contributed by atoms with van der Waals surface area (Å²) in [5, 5.41) is 3.60. The number of ether oxygens (including phenoxy) is 3. The molecule has 3 rings (SSSR count). The van der Waals surface area contributed by atoms with E-state index in [4.69, 9.17) is 14.2 Å². The van der Waals surface area contributed by atoms with Crippen LogP contribution in [-0.4, -0.2) is 26.0 Å². The SMILES string of the molecule is COC1CC(NCc2ccc3c(c2)OCO3)C1(C)C. The normalized spacial score (nSPS) is 27.1. The van der Waals surface area contributed by atoms with Crippen molar-refractivity contribution in [2.45, 2.75) is 39.0 Å². The minimum absolute atomic E-state index is 0.199. The number of rotatable bonds is 4. The molecule has 4 nitrogen and oxygen atoms in total. The number of benzene rings is 1. The van der Waals surface area contributed by atoms with E-state index in [1.54, 1.807) is 7.11 Å². The molecule has 0 amide bonds. The lowest BCUT2D eigenvalue weighted by Gasteiger charge is -2.51. The molecule has 1 aliphatic heterocycles. The summed E-state index contributed by atoms with van der Waals surface area (Å²) in [5.74, 6) is 1.69. The Bertz CT molecular complexity index is 472. The van der Waals surface area contributed by atoms with E-state index in [0.717, 1.165) is 24.5 Å². The zero-order chi connectivity index (χ0) is 13.5. The maximum Gasteiger partial charge on any atom is 0.231 e. The fourth-order valence-corrected chi connectivity index (χ4v) is 2.92. The molecule has 1 fully saturated rings. The molecule has 0 aromatic heterocycles. The Labute approximate surface area is 114 Å². The molecule has 0 saturated heterocycles. The van der Waals surface area contributed by atoms with E-state index in [1.165, 1.54) is 5.56 Å². The maximum atomic E-state index is 5.47. The van der Waals surface area contributed by atoms with Crippen LogP contribution in [0.2, 0.25) is 0 Å². The van der Waals surface area contributed by atoms with Crippen LogP contribution in [0.25, 0.3) is 0 Å². The lowest BCUT2D eigenvalue weighted by atomic mass is 9.64. The van der Waals surface area contributed by atoms with Gasteiger partial charge in [0.05, 0.1) is 6.10 Å². The number of fused-ring (bicyclic) bond motifs is 1. The largest absolute Gasteiger partial charge is 0.454 e. The quantitative estimate of drug-likeness (QED) is 0.905. The molecular weight excluding hydrogens is 242 g/mol. The fraction of sp³-hybridized carbons (Fsp3) is 0.600. The molecule has 0 spiro atoms. The van der Waals surface area contributed by atoms with Crippen LogP contribution in [0.1, 0.15) is 25.8 Å². The van der Waals surface area contributed by atoms with Gasteiger partial charge in [0.1, 0.15) is 0 Å². The van der Waals surface area contributed by atoms with Crippen LogP contribution < -0.4 is 14.8 Å². The molecule has 1 aromatic carbocycles. The van der Waals surface area contributed by atoms with Gasteiger partial charge in [0.25, 0.3) is 0 Å². The van der Waals surface area contributed by atoms with Crippen LogP contribution >= 0.6 is 0 Å². The molecule has 0 bridgehead atoms. The van der Waals surface area contributed by atoms with Gasteiger partial charge in [-0.3, -0.25) is 0 Å². The van der Waals surface area contributed by atoms with Crippen LogP contribution in [0.3, 0.4) is 0 Å². The molecular formula is C15H21NO3. The standard InChI is InChI=1S/C15H21NO3/c1-15(2)13(7-14(15)17-3)16-8-10-4-5-11-12(6-10)19-9-18-11/h4-6,13-14,16H,7-9H2,1-3H3. The Kier molecular flexibility index (Phi) is 3.15. The summed E-state index contributed by atoms with van der Waals surface area (Å²) in [6.45, 7) is 5.68. The van der Waals surface area contributed by atoms with Gasteiger partial charge in [0, 0.05) is 25.1 Å². The first-order chi connectivity index (χ1) is 9.11. The number of methoxy groups -OCH3 is 1. The van der Waals surface area contributed by atoms with Crippen molar-refractivity contribution in [2.75, 3.05) is 13.9 Å². The van der Waals surface area contributed by atoms with Gasteiger partial charge in [0.15, 0.2) is 11.5 Å². The van der Waals surface area contributed by atoms with E-state index in [-0.39, 0.29) is 5.41 Å². The zero-order valence-electron chi connectivity index (χ0n) is 11.7. The molecule has 4 heteroatoms. The molecule has 0 radical (unpaired) electrons. The molecule has 1 saturated carbocycles. The second-order valence-electron chi connectivity index (χ2n) is 5.90. The molecule has 2 aliphatic rings. The van der Waals surface area contributed by atoms with Crippen molar-refractivity contribution >= 4 is 0 Å². The monoisotopic (exact) mass is 263 g/mol. The Morgan fingerprint density at radius 3 is 2.84 bits per heavy atom. The van der Waals surface area contributed by atoms with Crippen LogP contribution in [0.5, 0.6) is 11.5 Å². The van der Waals surface area contributed by atoms with Crippen LogP contribution in [0.4, 0.5) is 0 Å². The van der Waals surface area contributed by atoms with E-state index in [9.17, 15) is 0 Å². The maximum absolute atomic E-state index is 5.47. The van der Waals surface area contributed by atoms with Crippen LogP contribution in [0, 0.1) is 5.41 Å². The van der Waals surface area contributed by atoms with Gasteiger partial charge in [-0.1, -0.05) is 19.9 Å². The highest BCUT2D eigenvalue weighted by Crippen LogP contribution is 2.42. The summed E-state index contributed by atoms with van der Waals surface area (Å²) in [6.07, 6.45) is 1.44. The highest BCUT2D eigenvalue weighted by molar-refractivity contribution is 5.44. The summed E-state index contributed by atoms with van der Waals surface area (Å²) in [5.41, 5.74) is 1.42. The molecule has 1 aliphatic carbocycles. The van der Waals surface area contributed by atoms with Gasteiger partial charge >= 0.3 is 0 Å². The third-order valence-electron chi connectivity index (χ3n) is 4.45. The van der Waals surface area contributed by atoms with Crippen molar-refractivity contribution in [3.8, 4) is 11.5 Å². The molecule has 1 aromatic rings. The predicted octanol–water partition coefficient (Wildman–Crippen LogP) is 2.32. The molecule has 1 heterocycles. The highest BCUT2D eigenvalue weighted by atomic mass is 16.7. The van der Waals surface area contributed by atoms with E-state index in [0.29, 0.717) is 18.9 Å². The molecule has 104 valence electrons. The van der Waals surface area contributed by atoms with Gasteiger partial charge in [-0.05, 0) is 24.1 Å². The minimum Gasteiger partial charge on any atom is -0.454 e. The first-order valence-corrected chi connectivity index (χ1v) is 6.76. The minimum atomic E-state index is 0.199. The first-order valence-electron chi connectivity index (χ1n) is 6.76. The Morgan fingerprint density at radius 1 is 1.32 bits per heavy atom. The van der Waals surface area contributed by atoms with Gasteiger partial charge in [-0.25, -0.2) is 0 Å². The van der Waals surface area contributed by atoms with Crippen molar-refractivity contribution in [3.63, 3.8) is 0 Å². The third-order valence-corrected chi connectivity index (χ3v) is 4.45. The lowest BCUT2D eigenvalue weighted by Crippen LogP contribution is -2.60. The number of hydrogen-bond donors (Lipinski definition) is 1. The van der Waals surface area contributed by atoms with Gasteiger partial charge in [-0.2, -0.15) is 0 Å². The summed E-state index contributed by atoms with van der Waals surface area (Å²) in [4.78, 5) is 0.